The molecule has 1 N–H and O–H groups in total. The molecule has 0 aromatic rings. The smallest absolute Gasteiger partial charge is 0.193 e. The summed E-state index contributed by atoms with van der Waals surface area (Å²) in [6, 6.07) is 0. The summed E-state index contributed by atoms with van der Waals surface area (Å²) in [7, 11) is 0. The minimum absolute atomic E-state index is 0.0156. The highest BCUT2D eigenvalue weighted by Crippen LogP contribution is 2.69. The van der Waals surface area contributed by atoms with Crippen LogP contribution in [0.3, 0.4) is 0 Å². The third-order valence-corrected chi connectivity index (χ3v) is 12.1. The van der Waals surface area contributed by atoms with Crippen molar-refractivity contribution >= 4 is 17.3 Å². The van der Waals surface area contributed by atoms with Crippen LogP contribution in [-0.2, 0) is 38.1 Å². The van der Waals surface area contributed by atoms with Gasteiger partial charge in [-0.05, 0) is 75.4 Å². The Kier molecular flexibility index (Phi) is 9.36. The zero-order valence-corrected chi connectivity index (χ0v) is 27.6. The van der Waals surface area contributed by atoms with Gasteiger partial charge in [0.1, 0.15) is 13.2 Å². The molecular formula is C36H52O9. The quantitative estimate of drug-likeness (QED) is 0.342. The Hall–Kier alpha value is -1.75. The molecule has 0 bridgehead atoms. The van der Waals surface area contributed by atoms with E-state index in [1.807, 2.05) is 19.9 Å². The van der Waals surface area contributed by atoms with Gasteiger partial charge in [0.2, 0.25) is 0 Å². The van der Waals surface area contributed by atoms with Crippen LogP contribution in [0, 0.1) is 34.5 Å². The Labute approximate surface area is 267 Å². The van der Waals surface area contributed by atoms with E-state index in [1.54, 1.807) is 12.2 Å². The van der Waals surface area contributed by atoms with Crippen LogP contribution in [0.15, 0.2) is 23.8 Å². The molecule has 45 heavy (non-hydrogen) atoms. The lowest BCUT2D eigenvalue weighted by Gasteiger charge is -2.59. The van der Waals surface area contributed by atoms with Gasteiger partial charge in [0, 0.05) is 22.7 Å². The third-order valence-electron chi connectivity index (χ3n) is 12.1. The van der Waals surface area contributed by atoms with Crippen molar-refractivity contribution in [2.75, 3.05) is 19.8 Å². The molecule has 9 heteroatoms. The van der Waals surface area contributed by atoms with Gasteiger partial charge in [0.05, 0.1) is 24.9 Å². The van der Waals surface area contributed by atoms with Gasteiger partial charge in [-0.25, -0.2) is 0 Å². The van der Waals surface area contributed by atoms with Gasteiger partial charge in [0.15, 0.2) is 35.5 Å². The van der Waals surface area contributed by atoms with Crippen molar-refractivity contribution in [2.24, 2.45) is 34.5 Å². The largest absolute Gasteiger partial charge is 0.393 e. The van der Waals surface area contributed by atoms with Crippen LogP contribution < -0.4 is 0 Å². The van der Waals surface area contributed by atoms with E-state index in [2.05, 4.69) is 20.8 Å². The van der Waals surface area contributed by atoms with Gasteiger partial charge >= 0.3 is 0 Å². The highest BCUT2D eigenvalue weighted by molar-refractivity contribution is 6.01. The fraction of sp³-hybridized carbons (Fsp3) is 0.806. The van der Waals surface area contributed by atoms with Crippen LogP contribution in [0.25, 0.3) is 0 Å². The van der Waals surface area contributed by atoms with Crippen LogP contribution in [0.1, 0.15) is 92.4 Å². The number of allylic oxidation sites excluding steroid dienone is 4. The van der Waals surface area contributed by atoms with Crippen molar-refractivity contribution in [2.45, 2.75) is 129 Å². The topological polar surface area (TPSA) is 118 Å². The molecule has 0 radical (unpaired) electrons. The lowest BCUT2D eigenvalue weighted by Crippen LogP contribution is -2.63. The van der Waals surface area contributed by atoms with Crippen LogP contribution in [-0.4, -0.2) is 78.8 Å². The summed E-state index contributed by atoms with van der Waals surface area (Å²) < 4.78 is 31.2. The first-order valence-electron chi connectivity index (χ1n) is 17.3. The molecule has 3 unspecified atom stereocenters. The molecule has 3 saturated carbocycles. The average molecular weight is 629 g/mol. The van der Waals surface area contributed by atoms with Gasteiger partial charge in [-0.15, -0.1) is 0 Å². The van der Waals surface area contributed by atoms with Crippen LogP contribution in [0.2, 0.25) is 0 Å². The fourth-order valence-electron chi connectivity index (χ4n) is 9.85. The van der Waals surface area contributed by atoms with Crippen LogP contribution in [0.4, 0.5) is 0 Å². The number of hydrogen-bond acceptors (Lipinski definition) is 9. The molecule has 0 amide bonds. The summed E-state index contributed by atoms with van der Waals surface area (Å²) >= 11 is 0. The zero-order chi connectivity index (χ0) is 32.1. The lowest BCUT2D eigenvalue weighted by molar-refractivity contribution is -0.220. The SMILES string of the molecule is CCCC1O[C@@H]2C[C@H]3[C@@H]4CCC5=CC(=O)C=C[C@]5(C)[C@H]4[C@@H](O)C[C@]3(C)[C@]2(C(=O)COC2CCCC(COCC(=O)C(C)C)O2)O1. The van der Waals surface area contributed by atoms with Gasteiger partial charge in [-0.3, -0.25) is 14.4 Å². The van der Waals surface area contributed by atoms with E-state index >= 15 is 0 Å². The number of aliphatic hydroxyl groups excluding tert-OH is 1. The first-order chi connectivity index (χ1) is 21.4. The van der Waals surface area contributed by atoms with Gasteiger partial charge in [-0.1, -0.05) is 52.7 Å². The minimum atomic E-state index is -1.22. The highest BCUT2D eigenvalue weighted by Gasteiger charge is 2.75. The molecule has 0 spiro atoms. The van der Waals surface area contributed by atoms with Crippen LogP contribution in [0.5, 0.6) is 0 Å². The molecule has 0 aromatic carbocycles. The second-order valence-electron chi connectivity index (χ2n) is 15.1. The number of carbonyl (C=O) groups is 3. The van der Waals surface area contributed by atoms with Crippen molar-refractivity contribution in [3.63, 3.8) is 0 Å². The van der Waals surface area contributed by atoms with E-state index in [-0.39, 0.29) is 65.8 Å². The Balaban J connectivity index is 1.18. The number of hydrogen-bond donors (Lipinski definition) is 1. The Morgan fingerprint density at radius 1 is 1.13 bits per heavy atom. The summed E-state index contributed by atoms with van der Waals surface area (Å²) in [4.78, 5) is 38.7. The van der Waals surface area contributed by atoms with E-state index in [9.17, 15) is 19.5 Å². The number of ether oxygens (including phenoxy) is 5. The Morgan fingerprint density at radius 2 is 1.93 bits per heavy atom. The van der Waals surface area contributed by atoms with E-state index in [0.29, 0.717) is 32.3 Å². The summed E-state index contributed by atoms with van der Waals surface area (Å²) in [5, 5.41) is 11.9. The predicted molar refractivity (Wildman–Crippen MR) is 165 cm³/mol. The van der Waals surface area contributed by atoms with E-state index in [1.165, 1.54) is 0 Å². The van der Waals surface area contributed by atoms with Crippen molar-refractivity contribution in [3.05, 3.63) is 23.8 Å². The number of ketones is 3. The molecule has 11 atom stereocenters. The predicted octanol–water partition coefficient (Wildman–Crippen LogP) is 4.88. The van der Waals surface area contributed by atoms with E-state index in [4.69, 9.17) is 23.7 Å². The van der Waals surface area contributed by atoms with Crippen molar-refractivity contribution in [1.29, 1.82) is 0 Å². The molecule has 5 fully saturated rings. The molecule has 2 aliphatic heterocycles. The molecular weight excluding hydrogens is 576 g/mol. The maximum absolute atomic E-state index is 14.5. The molecule has 6 rings (SSSR count). The molecule has 2 heterocycles. The number of fused-ring (bicyclic) bond motifs is 7. The molecule has 6 aliphatic rings. The van der Waals surface area contributed by atoms with Crippen molar-refractivity contribution in [3.8, 4) is 0 Å². The second kappa shape index (κ2) is 12.7. The summed E-state index contributed by atoms with van der Waals surface area (Å²) in [5.41, 5.74) is -1.13. The minimum Gasteiger partial charge on any atom is -0.393 e. The summed E-state index contributed by atoms with van der Waals surface area (Å²) in [6.45, 7) is 10.3. The molecule has 4 aliphatic carbocycles. The maximum Gasteiger partial charge on any atom is 0.193 e. The lowest BCUT2D eigenvalue weighted by atomic mass is 9.46. The van der Waals surface area contributed by atoms with Crippen molar-refractivity contribution < 1.29 is 43.2 Å². The van der Waals surface area contributed by atoms with Gasteiger partial charge < -0.3 is 28.8 Å². The second-order valence-corrected chi connectivity index (χ2v) is 15.1. The molecule has 250 valence electrons. The Morgan fingerprint density at radius 3 is 2.69 bits per heavy atom. The zero-order valence-electron chi connectivity index (χ0n) is 27.6. The maximum atomic E-state index is 14.5. The first-order valence-corrected chi connectivity index (χ1v) is 17.3. The summed E-state index contributed by atoms with van der Waals surface area (Å²) in [5.74, 6) is 0.104. The fourth-order valence-corrected chi connectivity index (χ4v) is 9.85. The van der Waals surface area contributed by atoms with Crippen molar-refractivity contribution in [1.82, 2.24) is 0 Å². The number of rotatable bonds is 11. The molecule has 0 aromatic heterocycles. The number of aliphatic hydroxyl groups is 1. The standard InChI is InChI=1S/C36H52O9/c1-6-8-32-44-30-16-26-25-12-11-22-15-23(37)13-14-34(22,4)33(25)27(38)17-35(26,5)36(30,45-32)29(40)20-42-31-10-7-9-24(43-31)18-41-19-28(39)21(2)3/h13-15,21,24-27,30-33,38H,6-12,16-20H2,1-5H3/t24?,25-,26-,27-,30+,31?,32?,33+,34-,35-,36+/m0/s1. The average Bonchev–Trinajstić information content (AvgIpc) is 3.48. The molecule has 2 saturated heterocycles. The highest BCUT2D eigenvalue weighted by atomic mass is 16.7. The normalized spacial score (nSPS) is 43.8. The number of carbonyl (C=O) groups excluding carboxylic acids is 3. The van der Waals surface area contributed by atoms with Gasteiger partial charge in [-0.2, -0.15) is 0 Å². The van der Waals surface area contributed by atoms with E-state index < -0.39 is 35.8 Å². The number of Topliss-reactive ketones (excluding diaryl/α,β-unsaturated/α-hetero) is 2. The Bertz CT molecular complexity index is 1220. The monoisotopic (exact) mass is 628 g/mol. The van der Waals surface area contributed by atoms with E-state index in [0.717, 1.165) is 37.7 Å². The van der Waals surface area contributed by atoms with Gasteiger partial charge in [0.25, 0.3) is 0 Å². The molecule has 9 nitrogen and oxygen atoms in total. The third kappa shape index (κ3) is 5.63. The van der Waals surface area contributed by atoms with Crippen LogP contribution >= 0.6 is 0 Å². The first kappa shape index (κ1) is 33.2. The summed E-state index contributed by atoms with van der Waals surface area (Å²) in [6.07, 6.45) is 9.84.